The van der Waals surface area contributed by atoms with Crippen LogP contribution in [0.25, 0.3) is 0 Å². The molecule has 3 rings (SSSR count). The van der Waals surface area contributed by atoms with Crippen molar-refractivity contribution < 1.29 is 4.79 Å². The third-order valence-corrected chi connectivity index (χ3v) is 4.89. The Balaban J connectivity index is 1.76. The molecule has 0 radical (unpaired) electrons. The van der Waals surface area contributed by atoms with Gasteiger partial charge in [-0.15, -0.1) is 0 Å². The number of nitrogens with zero attached hydrogens (tertiary/aromatic N) is 1. The number of carbonyl (C=O) groups excluding carboxylic acids is 1. The summed E-state index contributed by atoms with van der Waals surface area (Å²) in [7, 11) is 0. The van der Waals surface area contributed by atoms with Crippen molar-refractivity contribution in [3.8, 4) is 6.07 Å². The summed E-state index contributed by atoms with van der Waals surface area (Å²) in [6, 6.07) is 17.7. The second-order valence-corrected chi connectivity index (χ2v) is 6.79. The molecule has 0 amide bonds. The molecule has 0 spiro atoms. The summed E-state index contributed by atoms with van der Waals surface area (Å²) in [5, 5.41) is 12.4. The van der Waals surface area contributed by atoms with Crippen LogP contribution in [0.15, 0.2) is 53.0 Å². The summed E-state index contributed by atoms with van der Waals surface area (Å²) in [6.07, 6.45) is 0.452. The van der Waals surface area contributed by atoms with E-state index in [1.165, 1.54) is 0 Å². The van der Waals surface area contributed by atoms with Crippen LogP contribution in [0.5, 0.6) is 0 Å². The largest absolute Gasteiger partial charge is 0.315 e. The molecule has 23 heavy (non-hydrogen) atoms. The van der Waals surface area contributed by atoms with Crippen molar-refractivity contribution in [2.24, 2.45) is 5.92 Å². The second kappa shape index (κ2) is 7.08. The third kappa shape index (κ3) is 3.69. The minimum absolute atomic E-state index is 0.0346. The van der Waals surface area contributed by atoms with E-state index in [-0.39, 0.29) is 17.6 Å². The van der Waals surface area contributed by atoms with Crippen LogP contribution in [0.3, 0.4) is 0 Å². The van der Waals surface area contributed by atoms with Gasteiger partial charge in [-0.2, -0.15) is 5.26 Å². The number of nitriles is 1. The highest BCUT2D eigenvalue weighted by molar-refractivity contribution is 9.10. The molecule has 2 atom stereocenters. The van der Waals surface area contributed by atoms with Crippen LogP contribution in [0.1, 0.15) is 22.6 Å². The minimum atomic E-state index is -0.0346. The van der Waals surface area contributed by atoms with E-state index < -0.39 is 0 Å². The lowest BCUT2D eigenvalue weighted by Crippen LogP contribution is -2.23. The van der Waals surface area contributed by atoms with Gasteiger partial charge in [0.05, 0.1) is 11.6 Å². The summed E-state index contributed by atoms with van der Waals surface area (Å²) in [5.74, 6) is 0.364. The van der Waals surface area contributed by atoms with Crippen LogP contribution < -0.4 is 5.32 Å². The number of halogens is 1. The van der Waals surface area contributed by atoms with Gasteiger partial charge in [0.25, 0.3) is 0 Å². The molecule has 4 heteroatoms. The normalized spacial score (nSPS) is 20.2. The van der Waals surface area contributed by atoms with Gasteiger partial charge >= 0.3 is 0 Å². The maximum atomic E-state index is 12.7. The molecule has 1 aliphatic heterocycles. The highest BCUT2D eigenvalue weighted by atomic mass is 79.9. The Morgan fingerprint density at radius 1 is 1.22 bits per heavy atom. The van der Waals surface area contributed by atoms with E-state index in [0.29, 0.717) is 18.5 Å². The number of benzene rings is 2. The highest BCUT2D eigenvalue weighted by Gasteiger charge is 2.33. The Labute approximate surface area is 144 Å². The molecule has 0 bridgehead atoms. The molecule has 2 aromatic carbocycles. The van der Waals surface area contributed by atoms with Gasteiger partial charge in [-0.05, 0) is 35.4 Å². The van der Waals surface area contributed by atoms with Gasteiger partial charge in [0.1, 0.15) is 5.78 Å². The maximum absolute atomic E-state index is 12.7. The molecule has 1 fully saturated rings. The summed E-state index contributed by atoms with van der Waals surface area (Å²) >= 11 is 3.41. The van der Waals surface area contributed by atoms with Crippen LogP contribution in [0, 0.1) is 17.2 Å². The zero-order valence-corrected chi connectivity index (χ0v) is 14.2. The molecule has 1 saturated heterocycles. The lowest BCUT2D eigenvalue weighted by atomic mass is 9.84. The molecule has 0 unspecified atom stereocenters. The van der Waals surface area contributed by atoms with Crippen molar-refractivity contribution >= 4 is 21.7 Å². The van der Waals surface area contributed by atoms with Crippen molar-refractivity contribution in [2.75, 3.05) is 13.1 Å². The van der Waals surface area contributed by atoms with Gasteiger partial charge in [-0.1, -0.05) is 40.2 Å². The molecule has 1 aliphatic rings. The molecule has 0 aromatic heterocycles. The first-order chi connectivity index (χ1) is 11.2. The van der Waals surface area contributed by atoms with E-state index in [4.69, 9.17) is 5.26 Å². The number of hydrogen-bond acceptors (Lipinski definition) is 3. The fourth-order valence-corrected chi connectivity index (χ4v) is 3.40. The molecule has 116 valence electrons. The average Bonchev–Trinajstić information content (AvgIpc) is 3.07. The van der Waals surface area contributed by atoms with Gasteiger partial charge in [0, 0.05) is 35.8 Å². The van der Waals surface area contributed by atoms with Gasteiger partial charge in [0.2, 0.25) is 0 Å². The number of carbonyl (C=O) groups is 1. The van der Waals surface area contributed by atoms with Gasteiger partial charge < -0.3 is 5.32 Å². The number of Topliss-reactive ketones (excluding diaryl/α,β-unsaturated/α-hetero) is 1. The van der Waals surface area contributed by atoms with Gasteiger partial charge in [-0.3, -0.25) is 4.79 Å². The monoisotopic (exact) mass is 368 g/mol. The number of ketones is 1. The summed E-state index contributed by atoms with van der Waals surface area (Å²) in [6.45, 7) is 1.49. The Bertz CT molecular complexity index is 749. The molecule has 0 saturated carbocycles. The molecule has 1 N–H and O–H groups in total. The third-order valence-electron chi connectivity index (χ3n) is 4.36. The van der Waals surface area contributed by atoms with Crippen LogP contribution >= 0.6 is 15.9 Å². The van der Waals surface area contributed by atoms with Crippen molar-refractivity contribution in [1.82, 2.24) is 5.32 Å². The van der Waals surface area contributed by atoms with E-state index >= 15 is 0 Å². The molecule has 0 aliphatic carbocycles. The SMILES string of the molecule is N#Cc1cccc([C@@H]2CNC[C@H]2C(=O)Cc2ccc(Br)cc2)c1. The summed E-state index contributed by atoms with van der Waals surface area (Å²) < 4.78 is 1.02. The Morgan fingerprint density at radius 2 is 2.00 bits per heavy atom. The number of nitrogens with one attached hydrogen (secondary N) is 1. The smallest absolute Gasteiger partial charge is 0.142 e. The fraction of sp³-hybridized carbons (Fsp3) is 0.263. The van der Waals surface area contributed by atoms with Gasteiger partial charge in [-0.25, -0.2) is 0 Å². The fourth-order valence-electron chi connectivity index (χ4n) is 3.14. The Hall–Kier alpha value is -1.96. The summed E-state index contributed by atoms with van der Waals surface area (Å²) in [4.78, 5) is 12.7. The van der Waals surface area contributed by atoms with E-state index in [0.717, 1.165) is 22.1 Å². The van der Waals surface area contributed by atoms with E-state index in [1.807, 2.05) is 42.5 Å². The van der Waals surface area contributed by atoms with E-state index in [1.54, 1.807) is 6.07 Å². The van der Waals surface area contributed by atoms with Crippen molar-refractivity contribution in [2.45, 2.75) is 12.3 Å². The van der Waals surface area contributed by atoms with Crippen LogP contribution in [0.2, 0.25) is 0 Å². The van der Waals surface area contributed by atoms with Crippen molar-refractivity contribution in [3.05, 3.63) is 69.7 Å². The van der Waals surface area contributed by atoms with Crippen LogP contribution in [0.4, 0.5) is 0 Å². The van der Waals surface area contributed by atoms with Crippen molar-refractivity contribution in [1.29, 1.82) is 5.26 Å². The summed E-state index contributed by atoms with van der Waals surface area (Å²) in [5.41, 5.74) is 2.76. The molecule has 3 nitrogen and oxygen atoms in total. The standard InChI is InChI=1S/C19H17BrN2O/c20-16-6-4-13(5-7-16)9-19(23)18-12-22-11-17(18)15-3-1-2-14(8-15)10-21/h1-8,17-18,22H,9,11-12H2/t17-,18+/m0/s1. The van der Waals surface area contributed by atoms with Gasteiger partial charge in [0.15, 0.2) is 0 Å². The van der Waals surface area contributed by atoms with E-state index in [2.05, 4.69) is 27.3 Å². The first-order valence-corrected chi connectivity index (χ1v) is 8.44. The van der Waals surface area contributed by atoms with Crippen LogP contribution in [-0.2, 0) is 11.2 Å². The number of rotatable bonds is 4. The van der Waals surface area contributed by atoms with Crippen LogP contribution in [-0.4, -0.2) is 18.9 Å². The lowest BCUT2D eigenvalue weighted by Gasteiger charge is -2.18. The molecule has 2 aromatic rings. The molecular weight excluding hydrogens is 352 g/mol. The topological polar surface area (TPSA) is 52.9 Å². The Morgan fingerprint density at radius 3 is 2.74 bits per heavy atom. The quantitative estimate of drug-likeness (QED) is 0.899. The highest BCUT2D eigenvalue weighted by Crippen LogP contribution is 2.30. The second-order valence-electron chi connectivity index (χ2n) is 5.88. The first-order valence-electron chi connectivity index (χ1n) is 7.65. The van der Waals surface area contributed by atoms with Crippen molar-refractivity contribution in [3.63, 3.8) is 0 Å². The average molecular weight is 369 g/mol. The predicted molar refractivity (Wildman–Crippen MR) is 93.1 cm³/mol. The Kier molecular flexibility index (Phi) is 4.90. The molecule has 1 heterocycles. The zero-order chi connectivity index (χ0) is 16.2. The minimum Gasteiger partial charge on any atom is -0.315 e. The molecular formula is C19H17BrN2O. The van der Waals surface area contributed by atoms with E-state index in [9.17, 15) is 4.79 Å². The predicted octanol–water partition coefficient (Wildman–Crippen LogP) is 3.44. The zero-order valence-electron chi connectivity index (χ0n) is 12.6. The lowest BCUT2D eigenvalue weighted by molar-refractivity contribution is -0.122. The first kappa shape index (κ1) is 15.9. The number of hydrogen-bond donors (Lipinski definition) is 1. The maximum Gasteiger partial charge on any atom is 0.142 e.